The van der Waals surface area contributed by atoms with Crippen LogP contribution in [0.4, 0.5) is 5.95 Å². The van der Waals surface area contributed by atoms with Gasteiger partial charge in [0, 0.05) is 16.8 Å². The van der Waals surface area contributed by atoms with Crippen molar-refractivity contribution in [3.05, 3.63) is 40.6 Å². The smallest absolute Gasteiger partial charge is 0.223 e. The number of nitrogens with zero attached hydrogens (tertiary/aromatic N) is 4. The van der Waals surface area contributed by atoms with Crippen LogP contribution >= 0.6 is 27.7 Å². The van der Waals surface area contributed by atoms with E-state index >= 15 is 0 Å². The van der Waals surface area contributed by atoms with E-state index in [-0.39, 0.29) is 0 Å². The fraction of sp³-hybridized carbons (Fsp3) is 0.312. The highest BCUT2D eigenvalue weighted by molar-refractivity contribution is 9.10. The Morgan fingerprint density at radius 1 is 1.22 bits per heavy atom. The van der Waals surface area contributed by atoms with Gasteiger partial charge < -0.3 is 10.3 Å². The summed E-state index contributed by atoms with van der Waals surface area (Å²) in [6.45, 7) is 5.20. The fourth-order valence-corrected chi connectivity index (χ4v) is 3.49. The van der Waals surface area contributed by atoms with Crippen LogP contribution in [0.25, 0.3) is 11.2 Å². The molecule has 3 aromatic rings. The van der Waals surface area contributed by atoms with Gasteiger partial charge in [0.1, 0.15) is 10.5 Å². The largest absolute Gasteiger partial charge is 0.368 e. The third-order valence-corrected chi connectivity index (χ3v) is 4.86. The molecule has 0 aliphatic heterocycles. The van der Waals surface area contributed by atoms with Crippen molar-refractivity contribution in [3.63, 3.8) is 0 Å². The first kappa shape index (κ1) is 16.3. The predicted molar refractivity (Wildman–Crippen MR) is 98.3 cm³/mol. The van der Waals surface area contributed by atoms with Crippen molar-refractivity contribution in [1.29, 1.82) is 0 Å². The zero-order valence-corrected chi connectivity index (χ0v) is 15.4. The number of rotatable bonds is 5. The van der Waals surface area contributed by atoms with Crippen LogP contribution in [-0.2, 0) is 12.3 Å². The summed E-state index contributed by atoms with van der Waals surface area (Å²) in [5, 5.41) is 0.831. The first-order chi connectivity index (χ1) is 11.0. The summed E-state index contributed by atoms with van der Waals surface area (Å²) in [6.07, 6.45) is 1.82. The maximum Gasteiger partial charge on any atom is 0.223 e. The van der Waals surface area contributed by atoms with Crippen molar-refractivity contribution in [3.8, 4) is 0 Å². The Kier molecular flexibility index (Phi) is 4.87. The van der Waals surface area contributed by atoms with E-state index in [1.165, 1.54) is 5.56 Å². The highest BCUT2D eigenvalue weighted by Gasteiger charge is 2.13. The van der Waals surface area contributed by atoms with Gasteiger partial charge in [0.25, 0.3) is 0 Å². The number of benzene rings is 1. The quantitative estimate of drug-likeness (QED) is 0.523. The molecule has 5 nitrogen and oxygen atoms in total. The maximum atomic E-state index is 5.89. The lowest BCUT2D eigenvalue weighted by Crippen LogP contribution is -2.05. The fourth-order valence-electron chi connectivity index (χ4n) is 2.29. The Morgan fingerprint density at radius 3 is 2.65 bits per heavy atom. The normalized spacial score (nSPS) is 11.5. The number of aromatic nitrogens is 4. The van der Waals surface area contributed by atoms with E-state index < -0.39 is 0 Å². The Morgan fingerprint density at radius 2 is 1.96 bits per heavy atom. The summed E-state index contributed by atoms with van der Waals surface area (Å²) in [5.74, 6) is 1.62. The molecule has 0 atom stereocenters. The zero-order chi connectivity index (χ0) is 16.4. The molecule has 7 heteroatoms. The number of imidazole rings is 1. The Balaban J connectivity index is 1.88. The first-order valence-corrected chi connectivity index (χ1v) is 9.16. The van der Waals surface area contributed by atoms with Gasteiger partial charge in [-0.1, -0.05) is 53.7 Å². The van der Waals surface area contributed by atoms with Crippen molar-refractivity contribution in [2.45, 2.75) is 31.2 Å². The Bertz CT molecular complexity index is 813. The topological polar surface area (TPSA) is 69.6 Å². The van der Waals surface area contributed by atoms with E-state index in [1.807, 2.05) is 23.0 Å². The molecule has 0 unspecified atom stereocenters. The van der Waals surface area contributed by atoms with Crippen LogP contribution in [0.5, 0.6) is 0 Å². The molecular formula is C16H18BrN5S. The third kappa shape index (κ3) is 3.84. The monoisotopic (exact) mass is 391 g/mol. The number of nitrogens with two attached hydrogens (primary N) is 1. The van der Waals surface area contributed by atoms with E-state index in [4.69, 9.17) is 5.73 Å². The van der Waals surface area contributed by atoms with Crippen molar-refractivity contribution in [2.24, 2.45) is 5.92 Å². The van der Waals surface area contributed by atoms with Gasteiger partial charge in [0.05, 0.1) is 6.33 Å². The zero-order valence-electron chi connectivity index (χ0n) is 13.0. The van der Waals surface area contributed by atoms with Crippen LogP contribution in [0.2, 0.25) is 0 Å². The highest BCUT2D eigenvalue weighted by atomic mass is 79.9. The summed E-state index contributed by atoms with van der Waals surface area (Å²) in [6, 6.07) is 8.26. The lowest BCUT2D eigenvalue weighted by Gasteiger charge is -2.08. The first-order valence-electron chi connectivity index (χ1n) is 7.38. The van der Waals surface area contributed by atoms with Crippen molar-refractivity contribution in [2.75, 3.05) is 5.73 Å². The van der Waals surface area contributed by atoms with Crippen LogP contribution in [-0.4, -0.2) is 19.5 Å². The number of anilines is 1. The van der Waals surface area contributed by atoms with E-state index in [0.29, 0.717) is 11.9 Å². The van der Waals surface area contributed by atoms with Crippen LogP contribution < -0.4 is 5.73 Å². The van der Waals surface area contributed by atoms with Gasteiger partial charge in [0.15, 0.2) is 5.65 Å². The average Bonchev–Trinajstić information content (AvgIpc) is 2.89. The number of hydrogen-bond acceptors (Lipinski definition) is 5. The minimum absolute atomic E-state index is 0.293. The molecule has 0 saturated heterocycles. The van der Waals surface area contributed by atoms with E-state index in [1.54, 1.807) is 11.8 Å². The molecule has 2 heterocycles. The van der Waals surface area contributed by atoms with E-state index in [9.17, 15) is 0 Å². The summed E-state index contributed by atoms with van der Waals surface area (Å²) >= 11 is 5.08. The minimum Gasteiger partial charge on any atom is -0.368 e. The molecular weight excluding hydrogens is 374 g/mol. The molecule has 2 aromatic heterocycles. The van der Waals surface area contributed by atoms with Gasteiger partial charge in [-0.25, -0.2) is 9.97 Å². The second-order valence-electron chi connectivity index (χ2n) is 5.77. The molecule has 0 bridgehead atoms. The van der Waals surface area contributed by atoms with E-state index in [0.717, 1.165) is 33.0 Å². The predicted octanol–water partition coefficient (Wildman–Crippen LogP) is 4.12. The number of thioether (sulfide) groups is 1. The van der Waals surface area contributed by atoms with E-state index in [2.05, 4.69) is 56.9 Å². The second kappa shape index (κ2) is 6.88. The number of halogens is 1. The van der Waals surface area contributed by atoms with Crippen molar-refractivity contribution in [1.82, 2.24) is 19.5 Å². The molecule has 3 rings (SSSR count). The number of fused-ring (bicyclic) bond motifs is 1. The molecule has 0 amide bonds. The van der Waals surface area contributed by atoms with Gasteiger partial charge >= 0.3 is 0 Å². The maximum absolute atomic E-state index is 5.89. The molecule has 0 radical (unpaired) electrons. The summed E-state index contributed by atoms with van der Waals surface area (Å²) < 4.78 is 3.12. The van der Waals surface area contributed by atoms with Crippen molar-refractivity contribution < 1.29 is 0 Å². The molecule has 0 fully saturated rings. The highest BCUT2D eigenvalue weighted by Crippen LogP contribution is 2.28. The summed E-state index contributed by atoms with van der Waals surface area (Å²) in [7, 11) is 0. The SMILES string of the molecule is CC(C)Cn1cnc2c(SCc3ccc(Br)cc3)nc(N)nc21. The molecule has 0 aliphatic rings. The molecule has 0 aliphatic carbocycles. The summed E-state index contributed by atoms with van der Waals surface area (Å²) in [4.78, 5) is 13.2. The lowest BCUT2D eigenvalue weighted by molar-refractivity contribution is 0.530. The molecule has 0 saturated carbocycles. The number of nitrogen functional groups attached to an aromatic ring is 1. The molecule has 0 spiro atoms. The molecule has 120 valence electrons. The van der Waals surface area contributed by atoms with Gasteiger partial charge in [-0.2, -0.15) is 4.98 Å². The standard InChI is InChI=1S/C16H18BrN5S/c1-10(2)7-22-9-19-13-14(22)20-16(18)21-15(13)23-8-11-3-5-12(17)6-4-11/h3-6,9-10H,7-8H2,1-2H3,(H2,18,20,21). The van der Waals surface area contributed by atoms with Gasteiger partial charge in [0.2, 0.25) is 5.95 Å². The third-order valence-electron chi connectivity index (χ3n) is 3.30. The van der Waals surface area contributed by atoms with Crippen LogP contribution in [0.3, 0.4) is 0 Å². The summed E-state index contributed by atoms with van der Waals surface area (Å²) in [5.41, 5.74) is 8.75. The molecule has 2 N–H and O–H groups in total. The van der Waals surface area contributed by atoms with Crippen LogP contribution in [0.15, 0.2) is 40.1 Å². The molecule has 1 aromatic carbocycles. The van der Waals surface area contributed by atoms with Gasteiger partial charge in [-0.05, 0) is 23.6 Å². The molecule has 23 heavy (non-hydrogen) atoms. The van der Waals surface area contributed by atoms with Gasteiger partial charge in [-0.3, -0.25) is 0 Å². The second-order valence-corrected chi connectivity index (χ2v) is 7.64. The lowest BCUT2D eigenvalue weighted by atomic mass is 10.2. The number of hydrogen-bond donors (Lipinski definition) is 1. The Hall–Kier alpha value is -1.60. The minimum atomic E-state index is 0.293. The van der Waals surface area contributed by atoms with Gasteiger partial charge in [-0.15, -0.1) is 0 Å². The average molecular weight is 392 g/mol. The van der Waals surface area contributed by atoms with Crippen LogP contribution in [0.1, 0.15) is 19.4 Å². The Labute approximate surface area is 147 Å². The van der Waals surface area contributed by atoms with Crippen molar-refractivity contribution >= 4 is 44.8 Å². The van der Waals surface area contributed by atoms with Crippen LogP contribution in [0, 0.1) is 5.92 Å².